The van der Waals surface area contributed by atoms with Crippen molar-refractivity contribution < 1.29 is 23.5 Å². The summed E-state index contributed by atoms with van der Waals surface area (Å²) in [6.07, 6.45) is 1.35. The fourth-order valence-electron chi connectivity index (χ4n) is 3.29. The molecular formula is C24H21Cl2FO4. The van der Waals surface area contributed by atoms with Crippen LogP contribution in [-0.4, -0.2) is 17.5 Å². The quantitative estimate of drug-likeness (QED) is 0.481. The van der Waals surface area contributed by atoms with Crippen LogP contribution < -0.4 is 0 Å². The Labute approximate surface area is 190 Å². The van der Waals surface area contributed by atoms with Crippen LogP contribution >= 0.6 is 23.2 Å². The van der Waals surface area contributed by atoms with Gasteiger partial charge in [-0.15, -0.1) is 0 Å². The first kappa shape index (κ1) is 23.0. The molecule has 4 nitrogen and oxygen atoms in total. The largest absolute Gasteiger partial charge is 0.456 e. The van der Waals surface area contributed by atoms with Gasteiger partial charge in [-0.25, -0.2) is 14.0 Å². The van der Waals surface area contributed by atoms with E-state index in [1.165, 1.54) is 24.3 Å². The van der Waals surface area contributed by atoms with E-state index in [2.05, 4.69) is 6.58 Å². The Hall–Kier alpha value is -2.63. The number of rotatable bonds is 4. The van der Waals surface area contributed by atoms with Crippen molar-refractivity contribution in [2.24, 2.45) is 0 Å². The lowest BCUT2D eigenvalue weighted by molar-refractivity contribution is -0.144. The molecule has 2 aromatic rings. The summed E-state index contributed by atoms with van der Waals surface area (Å²) in [5, 5.41) is 0.525. The monoisotopic (exact) mass is 462 g/mol. The number of ether oxygens (including phenoxy) is 2. The minimum atomic E-state index is -1.85. The van der Waals surface area contributed by atoms with E-state index in [0.29, 0.717) is 16.7 Å². The second kappa shape index (κ2) is 8.13. The first-order valence-electron chi connectivity index (χ1n) is 9.44. The van der Waals surface area contributed by atoms with Gasteiger partial charge in [0.05, 0.1) is 11.1 Å². The van der Waals surface area contributed by atoms with Crippen LogP contribution in [0.25, 0.3) is 5.57 Å². The molecule has 0 fully saturated rings. The highest BCUT2D eigenvalue weighted by atomic mass is 35.5. The lowest BCUT2D eigenvalue weighted by atomic mass is 9.90. The van der Waals surface area contributed by atoms with Crippen molar-refractivity contribution in [2.75, 3.05) is 0 Å². The minimum absolute atomic E-state index is 0.133. The molecule has 1 heterocycles. The molecule has 1 unspecified atom stereocenters. The third-order valence-corrected chi connectivity index (χ3v) is 5.11. The van der Waals surface area contributed by atoms with Crippen LogP contribution in [0.5, 0.6) is 0 Å². The average Bonchev–Trinajstić information content (AvgIpc) is 2.98. The summed E-state index contributed by atoms with van der Waals surface area (Å²) in [5.74, 6) is -2.10. The molecule has 162 valence electrons. The number of carbonyl (C=O) groups is 2. The van der Waals surface area contributed by atoms with Gasteiger partial charge in [0, 0.05) is 15.6 Å². The molecule has 0 aliphatic carbocycles. The molecule has 7 heteroatoms. The van der Waals surface area contributed by atoms with Gasteiger partial charge in [0.2, 0.25) is 5.60 Å². The number of cyclic esters (lactones) is 1. The van der Waals surface area contributed by atoms with Crippen molar-refractivity contribution in [1.82, 2.24) is 0 Å². The van der Waals surface area contributed by atoms with Crippen LogP contribution in [0, 0.1) is 6.92 Å². The minimum Gasteiger partial charge on any atom is -0.456 e. The van der Waals surface area contributed by atoms with E-state index in [0.717, 1.165) is 0 Å². The molecule has 0 aromatic heterocycles. The van der Waals surface area contributed by atoms with E-state index in [9.17, 15) is 14.0 Å². The Balaban J connectivity index is 2.05. The molecule has 0 bridgehead atoms. The van der Waals surface area contributed by atoms with Crippen molar-refractivity contribution in [3.05, 3.63) is 87.2 Å². The molecule has 3 rings (SSSR count). The Morgan fingerprint density at radius 2 is 1.74 bits per heavy atom. The van der Waals surface area contributed by atoms with Gasteiger partial charge in [-0.3, -0.25) is 0 Å². The molecule has 0 saturated heterocycles. The van der Waals surface area contributed by atoms with E-state index in [1.807, 2.05) is 0 Å². The first-order chi connectivity index (χ1) is 14.3. The number of hydrogen-bond donors (Lipinski definition) is 0. The topological polar surface area (TPSA) is 52.6 Å². The molecule has 0 radical (unpaired) electrons. The van der Waals surface area contributed by atoms with Gasteiger partial charge in [0.25, 0.3) is 0 Å². The van der Waals surface area contributed by atoms with Crippen LogP contribution in [0.2, 0.25) is 10.0 Å². The van der Waals surface area contributed by atoms with E-state index in [-0.39, 0.29) is 21.2 Å². The Bertz CT molecular complexity index is 1110. The van der Waals surface area contributed by atoms with Crippen molar-refractivity contribution in [3.8, 4) is 0 Å². The van der Waals surface area contributed by atoms with Gasteiger partial charge in [-0.05, 0) is 69.2 Å². The number of aryl methyl sites for hydroxylation is 1. The van der Waals surface area contributed by atoms with Gasteiger partial charge in [0.15, 0.2) is 0 Å². The Morgan fingerprint density at radius 1 is 1.13 bits per heavy atom. The van der Waals surface area contributed by atoms with E-state index < -0.39 is 29.0 Å². The maximum atomic E-state index is 14.6. The standard InChI is InChI=1S/C24H21Cl2FO4/c1-13-8-15(6-7-19(13)21(28)30-23(3,4)5)20-12-24(14(2)27,31-22(20)29)16-9-17(25)11-18(26)10-16/h6-12H,2H2,1,3-5H3. The van der Waals surface area contributed by atoms with Crippen molar-refractivity contribution in [2.45, 2.75) is 38.9 Å². The molecule has 0 amide bonds. The molecule has 2 aromatic carbocycles. The zero-order chi connectivity index (χ0) is 23.1. The van der Waals surface area contributed by atoms with E-state index in [1.54, 1.807) is 45.9 Å². The molecule has 0 saturated carbocycles. The number of hydrogen-bond acceptors (Lipinski definition) is 4. The summed E-state index contributed by atoms with van der Waals surface area (Å²) in [6, 6.07) is 9.20. The van der Waals surface area contributed by atoms with Crippen LogP contribution in [-0.2, 0) is 19.9 Å². The highest BCUT2D eigenvalue weighted by molar-refractivity contribution is 6.34. The third kappa shape index (κ3) is 4.68. The van der Waals surface area contributed by atoms with Crippen molar-refractivity contribution in [1.29, 1.82) is 0 Å². The third-order valence-electron chi connectivity index (χ3n) is 4.67. The summed E-state index contributed by atoms with van der Waals surface area (Å²) in [4.78, 5) is 25.1. The molecule has 31 heavy (non-hydrogen) atoms. The number of benzene rings is 2. The predicted octanol–water partition coefficient (Wildman–Crippen LogP) is 6.58. The Morgan fingerprint density at radius 3 is 2.26 bits per heavy atom. The van der Waals surface area contributed by atoms with Crippen LogP contribution in [0.15, 0.2) is 54.9 Å². The van der Waals surface area contributed by atoms with Gasteiger partial charge >= 0.3 is 11.9 Å². The van der Waals surface area contributed by atoms with Crippen LogP contribution in [0.4, 0.5) is 4.39 Å². The van der Waals surface area contributed by atoms with Crippen molar-refractivity contribution >= 4 is 40.7 Å². The fourth-order valence-corrected chi connectivity index (χ4v) is 3.81. The summed E-state index contributed by atoms with van der Waals surface area (Å²) in [5.41, 5.74) is -0.683. The fraction of sp³-hybridized carbons (Fsp3) is 0.250. The summed E-state index contributed by atoms with van der Waals surface area (Å²) in [7, 11) is 0. The maximum absolute atomic E-state index is 14.6. The van der Waals surface area contributed by atoms with Crippen molar-refractivity contribution in [3.63, 3.8) is 0 Å². The van der Waals surface area contributed by atoms with Gasteiger partial charge in [-0.1, -0.05) is 41.9 Å². The number of halogens is 3. The smallest absolute Gasteiger partial charge is 0.340 e. The lowest BCUT2D eigenvalue weighted by Crippen LogP contribution is -2.26. The maximum Gasteiger partial charge on any atom is 0.340 e. The lowest BCUT2D eigenvalue weighted by Gasteiger charge is -2.25. The molecule has 0 spiro atoms. The van der Waals surface area contributed by atoms with Gasteiger partial charge in [0.1, 0.15) is 11.4 Å². The summed E-state index contributed by atoms with van der Waals surface area (Å²) in [6.45, 7) is 10.4. The second-order valence-electron chi connectivity index (χ2n) is 8.28. The van der Waals surface area contributed by atoms with Gasteiger partial charge in [-0.2, -0.15) is 0 Å². The predicted molar refractivity (Wildman–Crippen MR) is 119 cm³/mol. The zero-order valence-corrected chi connectivity index (χ0v) is 19.0. The number of esters is 2. The van der Waals surface area contributed by atoms with Crippen LogP contribution in [0.1, 0.15) is 47.8 Å². The highest BCUT2D eigenvalue weighted by Gasteiger charge is 2.45. The van der Waals surface area contributed by atoms with Crippen LogP contribution in [0.3, 0.4) is 0 Å². The summed E-state index contributed by atoms with van der Waals surface area (Å²) < 4.78 is 25.5. The molecule has 1 aliphatic rings. The highest BCUT2D eigenvalue weighted by Crippen LogP contribution is 2.45. The zero-order valence-electron chi connectivity index (χ0n) is 17.5. The normalized spacial score (nSPS) is 18.4. The van der Waals surface area contributed by atoms with E-state index >= 15 is 0 Å². The number of carbonyl (C=O) groups excluding carboxylic acids is 2. The first-order valence-corrected chi connectivity index (χ1v) is 10.2. The molecular weight excluding hydrogens is 442 g/mol. The molecule has 1 atom stereocenters. The van der Waals surface area contributed by atoms with E-state index in [4.69, 9.17) is 32.7 Å². The SMILES string of the molecule is C=C(F)C1(c2cc(Cl)cc(Cl)c2)C=C(c2ccc(C(=O)OC(C)(C)C)c(C)c2)C(=O)O1. The second-order valence-corrected chi connectivity index (χ2v) is 9.15. The average molecular weight is 463 g/mol. The van der Waals surface area contributed by atoms with Gasteiger partial charge < -0.3 is 9.47 Å². The molecule has 0 N–H and O–H groups in total. The Kier molecular flexibility index (Phi) is 6.05. The summed E-state index contributed by atoms with van der Waals surface area (Å²) >= 11 is 12.1. The molecule has 1 aliphatic heterocycles.